The van der Waals surface area contributed by atoms with Gasteiger partial charge in [0.25, 0.3) is 0 Å². The molecule has 1 aliphatic carbocycles. The van der Waals surface area contributed by atoms with E-state index in [0.717, 1.165) is 69.8 Å². The van der Waals surface area contributed by atoms with Crippen molar-refractivity contribution in [3.05, 3.63) is 35.4 Å². The van der Waals surface area contributed by atoms with Gasteiger partial charge in [0.15, 0.2) is 0 Å². The van der Waals surface area contributed by atoms with Gasteiger partial charge in [0, 0.05) is 18.8 Å². The molecule has 1 saturated carbocycles. The van der Waals surface area contributed by atoms with Gasteiger partial charge in [0.05, 0.1) is 6.10 Å². The highest BCUT2D eigenvalue weighted by atomic mass is 16.4. The molecule has 28 heavy (non-hydrogen) atoms. The molecule has 0 spiro atoms. The first-order chi connectivity index (χ1) is 13.5. The lowest BCUT2D eigenvalue weighted by atomic mass is 9.84. The summed E-state index contributed by atoms with van der Waals surface area (Å²) in [5.74, 6) is 0.0294. The number of carbonyl (C=O) groups is 2. The van der Waals surface area contributed by atoms with Crippen LogP contribution in [-0.2, 0) is 9.59 Å². The molecular weight excluding hydrogens is 352 g/mol. The molecule has 0 radical (unpaired) electrons. The third kappa shape index (κ3) is 7.05. The van der Waals surface area contributed by atoms with E-state index < -0.39 is 12.1 Å². The van der Waals surface area contributed by atoms with E-state index in [-0.39, 0.29) is 18.3 Å². The van der Waals surface area contributed by atoms with Gasteiger partial charge >= 0.3 is 5.97 Å². The van der Waals surface area contributed by atoms with E-state index in [1.54, 1.807) is 0 Å². The standard InChI is InChI=1S/C24H36O4/c1-2-3-6-10-22(25)19-14-12-18(13-15-19)20-16-17-23(26)21(20)9-7-4-5-8-11-24(27)28/h12-15,20-22,25H,2-11,16-17H2,1H3,(H,27,28)/t20-,21-,22?/m1/s1. The number of aliphatic hydroxyl groups is 1. The number of Topliss-reactive ketones (excluding diaryl/α,β-unsaturated/α-hetero) is 1. The van der Waals surface area contributed by atoms with E-state index in [4.69, 9.17) is 5.11 Å². The summed E-state index contributed by atoms with van der Waals surface area (Å²) >= 11 is 0. The van der Waals surface area contributed by atoms with Crippen LogP contribution in [0.25, 0.3) is 0 Å². The average molecular weight is 389 g/mol. The topological polar surface area (TPSA) is 74.6 Å². The highest BCUT2D eigenvalue weighted by molar-refractivity contribution is 5.84. The number of benzene rings is 1. The van der Waals surface area contributed by atoms with Crippen molar-refractivity contribution < 1.29 is 19.8 Å². The Balaban J connectivity index is 1.84. The van der Waals surface area contributed by atoms with Crippen molar-refractivity contribution in [3.8, 4) is 0 Å². The fourth-order valence-electron chi connectivity index (χ4n) is 4.38. The van der Waals surface area contributed by atoms with Gasteiger partial charge in [-0.1, -0.05) is 69.7 Å². The molecule has 0 aromatic heterocycles. The summed E-state index contributed by atoms with van der Waals surface area (Å²) < 4.78 is 0. The van der Waals surface area contributed by atoms with Crippen LogP contribution in [0.3, 0.4) is 0 Å². The fraction of sp³-hybridized carbons (Fsp3) is 0.667. The van der Waals surface area contributed by atoms with Crippen LogP contribution >= 0.6 is 0 Å². The van der Waals surface area contributed by atoms with Gasteiger partial charge in [-0.15, -0.1) is 0 Å². The number of hydrogen-bond donors (Lipinski definition) is 2. The lowest BCUT2D eigenvalue weighted by Crippen LogP contribution is -2.13. The van der Waals surface area contributed by atoms with Crippen molar-refractivity contribution >= 4 is 11.8 Å². The van der Waals surface area contributed by atoms with Crippen LogP contribution in [0.15, 0.2) is 24.3 Å². The van der Waals surface area contributed by atoms with Gasteiger partial charge in [0.2, 0.25) is 0 Å². The lowest BCUT2D eigenvalue weighted by Gasteiger charge is -2.20. The number of aliphatic hydroxyl groups excluding tert-OH is 1. The van der Waals surface area contributed by atoms with Crippen LogP contribution in [0, 0.1) is 5.92 Å². The van der Waals surface area contributed by atoms with Gasteiger partial charge in [-0.3, -0.25) is 9.59 Å². The molecule has 1 unspecified atom stereocenters. The minimum Gasteiger partial charge on any atom is -0.481 e. The number of rotatable bonds is 13. The minimum absolute atomic E-state index is 0.0970. The van der Waals surface area contributed by atoms with Gasteiger partial charge in [-0.05, 0) is 42.7 Å². The molecule has 0 aliphatic heterocycles. The van der Waals surface area contributed by atoms with Crippen molar-refractivity contribution in [1.82, 2.24) is 0 Å². The molecule has 0 saturated heterocycles. The Morgan fingerprint density at radius 3 is 2.46 bits per heavy atom. The molecular formula is C24H36O4. The second kappa shape index (κ2) is 12.0. The molecule has 4 nitrogen and oxygen atoms in total. The van der Waals surface area contributed by atoms with Crippen molar-refractivity contribution in [2.24, 2.45) is 5.92 Å². The number of hydrogen-bond acceptors (Lipinski definition) is 3. The van der Waals surface area contributed by atoms with Crippen molar-refractivity contribution in [2.45, 2.75) is 96.0 Å². The monoisotopic (exact) mass is 388 g/mol. The van der Waals surface area contributed by atoms with Crippen molar-refractivity contribution in [1.29, 1.82) is 0 Å². The Kier molecular flexibility index (Phi) is 9.69. The highest BCUT2D eigenvalue weighted by Crippen LogP contribution is 2.40. The zero-order chi connectivity index (χ0) is 20.4. The van der Waals surface area contributed by atoms with E-state index in [2.05, 4.69) is 19.1 Å². The number of carboxylic acids is 1. The summed E-state index contributed by atoms with van der Waals surface area (Å²) in [5, 5.41) is 19.0. The van der Waals surface area contributed by atoms with Crippen LogP contribution in [0.5, 0.6) is 0 Å². The van der Waals surface area contributed by atoms with Gasteiger partial charge in [-0.25, -0.2) is 0 Å². The van der Waals surface area contributed by atoms with Crippen molar-refractivity contribution in [2.75, 3.05) is 0 Å². The number of ketones is 1. The summed E-state index contributed by atoms with van der Waals surface area (Å²) in [7, 11) is 0. The molecule has 1 aromatic rings. The van der Waals surface area contributed by atoms with Crippen LogP contribution in [-0.4, -0.2) is 22.0 Å². The summed E-state index contributed by atoms with van der Waals surface area (Å²) in [4.78, 5) is 22.9. The van der Waals surface area contributed by atoms with E-state index in [1.165, 1.54) is 5.56 Å². The smallest absolute Gasteiger partial charge is 0.303 e. The van der Waals surface area contributed by atoms with E-state index >= 15 is 0 Å². The molecule has 1 fully saturated rings. The minimum atomic E-state index is -0.732. The summed E-state index contributed by atoms with van der Waals surface area (Å²) in [6.45, 7) is 2.16. The van der Waals surface area contributed by atoms with E-state index in [0.29, 0.717) is 12.2 Å². The molecule has 2 N–H and O–H groups in total. The Labute approximate surface area is 169 Å². The van der Waals surface area contributed by atoms with Gasteiger partial charge in [0.1, 0.15) is 5.78 Å². The van der Waals surface area contributed by atoms with Crippen molar-refractivity contribution in [3.63, 3.8) is 0 Å². The zero-order valence-electron chi connectivity index (χ0n) is 17.2. The fourth-order valence-corrected chi connectivity index (χ4v) is 4.38. The second-order valence-electron chi connectivity index (χ2n) is 8.24. The summed E-state index contributed by atoms with van der Waals surface area (Å²) in [6, 6.07) is 8.25. The first-order valence-corrected chi connectivity index (χ1v) is 11.0. The molecule has 4 heteroatoms. The third-order valence-electron chi connectivity index (χ3n) is 6.09. The van der Waals surface area contributed by atoms with Crippen LogP contribution in [0.1, 0.15) is 107 Å². The third-order valence-corrected chi connectivity index (χ3v) is 6.09. The van der Waals surface area contributed by atoms with Crippen LogP contribution in [0.2, 0.25) is 0 Å². The maximum Gasteiger partial charge on any atom is 0.303 e. The van der Waals surface area contributed by atoms with Gasteiger partial charge < -0.3 is 10.2 Å². The number of carboxylic acid groups (broad SMARTS) is 1. The Hall–Kier alpha value is -1.68. The molecule has 1 aliphatic rings. The molecule has 0 bridgehead atoms. The Morgan fingerprint density at radius 1 is 1.07 bits per heavy atom. The number of carbonyl (C=O) groups excluding carboxylic acids is 1. The summed E-state index contributed by atoms with van der Waals surface area (Å²) in [5.41, 5.74) is 2.19. The molecule has 2 rings (SSSR count). The van der Waals surface area contributed by atoms with Crippen LogP contribution in [0.4, 0.5) is 0 Å². The Morgan fingerprint density at radius 2 is 1.79 bits per heavy atom. The summed E-state index contributed by atoms with van der Waals surface area (Å²) in [6.07, 6.45) is 10.1. The normalized spacial score (nSPS) is 20.4. The molecule has 0 heterocycles. The zero-order valence-corrected chi connectivity index (χ0v) is 17.2. The second-order valence-corrected chi connectivity index (χ2v) is 8.24. The molecule has 156 valence electrons. The first-order valence-electron chi connectivity index (χ1n) is 11.0. The predicted molar refractivity (Wildman–Crippen MR) is 111 cm³/mol. The number of unbranched alkanes of at least 4 members (excludes halogenated alkanes) is 5. The average Bonchev–Trinajstić information content (AvgIpc) is 3.05. The first kappa shape index (κ1) is 22.6. The van der Waals surface area contributed by atoms with E-state index in [1.807, 2.05) is 12.1 Å². The van der Waals surface area contributed by atoms with E-state index in [9.17, 15) is 14.7 Å². The maximum atomic E-state index is 12.4. The highest BCUT2D eigenvalue weighted by Gasteiger charge is 2.34. The predicted octanol–water partition coefficient (Wildman–Crippen LogP) is 5.79. The molecule has 1 aromatic carbocycles. The van der Waals surface area contributed by atoms with Crippen LogP contribution < -0.4 is 0 Å². The lowest BCUT2D eigenvalue weighted by molar-refractivity contribution is -0.137. The molecule has 0 amide bonds. The SMILES string of the molecule is CCCCCC(O)c1ccc([C@H]2CCC(=O)[C@@H]2CCCCCCC(=O)O)cc1. The van der Waals surface area contributed by atoms with Gasteiger partial charge in [-0.2, -0.15) is 0 Å². The molecule has 3 atom stereocenters. The Bertz CT molecular complexity index is 608. The number of aliphatic carboxylic acids is 1. The maximum absolute atomic E-state index is 12.4. The largest absolute Gasteiger partial charge is 0.481 e. The quantitative estimate of drug-likeness (QED) is 0.420.